The summed E-state index contributed by atoms with van der Waals surface area (Å²) >= 11 is 7.39. The number of allylic oxidation sites excluding steroid dienone is 2. The van der Waals surface area contributed by atoms with Crippen LogP contribution in [0.5, 0.6) is 0 Å². The zero-order valence-electron chi connectivity index (χ0n) is 14.1. The second-order valence-electron chi connectivity index (χ2n) is 7.20. The zero-order valence-corrected chi connectivity index (χ0v) is 15.7. The van der Waals surface area contributed by atoms with Gasteiger partial charge in [0, 0.05) is 10.9 Å². The highest BCUT2D eigenvalue weighted by atomic mass is 35.5. The largest absolute Gasteiger partial charge is 0.297 e. The number of hydrogen-bond acceptors (Lipinski definition) is 4. The molecule has 3 nitrogen and oxygen atoms in total. The number of benzene rings is 1. The second-order valence-corrected chi connectivity index (χ2v) is 8.70. The number of carbonyl (C=O) groups is 1. The number of hydrogen-bond donors (Lipinski definition) is 0. The van der Waals surface area contributed by atoms with Crippen molar-refractivity contribution >= 4 is 38.9 Å². The molecule has 3 atom stereocenters. The number of rotatable bonds is 4. The van der Waals surface area contributed by atoms with Crippen LogP contribution in [0.15, 0.2) is 29.8 Å². The number of halogens is 1. The molecular formula is C19H19ClN2OS. The van der Waals surface area contributed by atoms with Gasteiger partial charge >= 0.3 is 0 Å². The van der Waals surface area contributed by atoms with Crippen LogP contribution in [0.4, 0.5) is 0 Å². The molecule has 1 aromatic carbocycles. The van der Waals surface area contributed by atoms with E-state index in [1.165, 1.54) is 16.9 Å². The molecule has 1 aliphatic rings. The van der Waals surface area contributed by atoms with Crippen LogP contribution in [-0.4, -0.2) is 10.8 Å². The fourth-order valence-electron chi connectivity index (χ4n) is 3.35. The third-order valence-corrected chi connectivity index (χ3v) is 6.09. The first-order chi connectivity index (χ1) is 11.3. The van der Waals surface area contributed by atoms with Gasteiger partial charge in [0.1, 0.15) is 5.01 Å². The average molecular weight is 359 g/mol. The van der Waals surface area contributed by atoms with E-state index in [2.05, 4.69) is 31.0 Å². The topological polar surface area (TPSA) is 53.8 Å². The Morgan fingerprint density at radius 3 is 2.79 bits per heavy atom. The molecule has 124 valence electrons. The molecule has 0 amide bonds. The summed E-state index contributed by atoms with van der Waals surface area (Å²) in [6.07, 6.45) is 2.15. The molecule has 0 radical (unpaired) electrons. The average Bonchev–Trinajstić information content (AvgIpc) is 2.83. The molecule has 0 bridgehead atoms. The van der Waals surface area contributed by atoms with Crippen molar-refractivity contribution in [3.63, 3.8) is 0 Å². The summed E-state index contributed by atoms with van der Waals surface area (Å²) in [6, 6.07) is 7.61. The fraction of sp³-hybridized carbons (Fsp3) is 0.421. The smallest absolute Gasteiger partial charge is 0.161 e. The molecule has 0 aliphatic heterocycles. The van der Waals surface area contributed by atoms with Crippen molar-refractivity contribution in [2.75, 3.05) is 0 Å². The predicted molar refractivity (Wildman–Crippen MR) is 98.2 cm³/mol. The van der Waals surface area contributed by atoms with Crippen molar-refractivity contribution < 1.29 is 4.79 Å². The number of fused-ring (bicyclic) bond motifs is 1. The number of thiazole rings is 1. The lowest BCUT2D eigenvalue weighted by Gasteiger charge is -2.05. The molecule has 3 rings (SSSR count). The zero-order chi connectivity index (χ0) is 17.6. The van der Waals surface area contributed by atoms with Crippen LogP contribution in [0, 0.1) is 28.6 Å². The highest BCUT2D eigenvalue weighted by Gasteiger charge is 2.61. The van der Waals surface area contributed by atoms with E-state index in [1.54, 1.807) is 12.1 Å². The van der Waals surface area contributed by atoms with Gasteiger partial charge in [-0.3, -0.25) is 4.79 Å². The third kappa shape index (κ3) is 2.87. The van der Waals surface area contributed by atoms with E-state index in [-0.39, 0.29) is 23.0 Å². The van der Waals surface area contributed by atoms with Crippen LogP contribution in [0.2, 0.25) is 5.02 Å². The maximum absolute atomic E-state index is 13.0. The molecule has 0 saturated heterocycles. The third-order valence-electron chi connectivity index (χ3n) is 4.76. The highest BCUT2D eigenvalue weighted by Crippen LogP contribution is 2.61. The molecule has 1 aromatic heterocycles. The molecular weight excluding hydrogens is 340 g/mol. The van der Waals surface area contributed by atoms with Crippen LogP contribution in [0.1, 0.15) is 38.6 Å². The minimum Gasteiger partial charge on any atom is -0.297 e. The molecule has 2 aromatic rings. The van der Waals surface area contributed by atoms with E-state index in [0.29, 0.717) is 10.0 Å². The Labute approximate surface area is 151 Å². The van der Waals surface area contributed by atoms with E-state index in [0.717, 1.165) is 10.2 Å². The Balaban J connectivity index is 1.92. The van der Waals surface area contributed by atoms with E-state index < -0.39 is 5.92 Å². The number of ketones is 1. The Hall–Kier alpha value is -1.70. The number of Topliss-reactive ketones (excluding diaryl/α,β-unsaturated/α-hetero) is 1. The number of aromatic nitrogens is 1. The Bertz CT molecular complexity index is 886. The molecule has 1 heterocycles. The molecule has 0 N–H and O–H groups in total. The van der Waals surface area contributed by atoms with Gasteiger partial charge in [-0.2, -0.15) is 5.26 Å². The first-order valence-electron chi connectivity index (χ1n) is 7.90. The normalized spacial score (nSPS) is 22.7. The number of nitriles is 1. The van der Waals surface area contributed by atoms with Crippen LogP contribution in [0.3, 0.4) is 0 Å². The quantitative estimate of drug-likeness (QED) is 0.691. The van der Waals surface area contributed by atoms with Crippen molar-refractivity contribution in [3.05, 3.63) is 39.9 Å². The van der Waals surface area contributed by atoms with E-state index in [1.807, 2.05) is 19.9 Å². The Kier molecular flexibility index (Phi) is 4.27. The van der Waals surface area contributed by atoms with Gasteiger partial charge in [-0.1, -0.05) is 37.1 Å². The van der Waals surface area contributed by atoms with Crippen molar-refractivity contribution in [1.82, 2.24) is 4.98 Å². The molecule has 1 fully saturated rings. The van der Waals surface area contributed by atoms with Crippen LogP contribution in [-0.2, 0) is 4.79 Å². The van der Waals surface area contributed by atoms with Crippen LogP contribution >= 0.6 is 22.9 Å². The van der Waals surface area contributed by atoms with Gasteiger partial charge in [0.05, 0.1) is 16.3 Å². The van der Waals surface area contributed by atoms with Gasteiger partial charge in [-0.05, 0) is 43.4 Å². The summed E-state index contributed by atoms with van der Waals surface area (Å²) in [6.45, 7) is 8.25. The molecule has 1 aliphatic carbocycles. The maximum atomic E-state index is 13.0. The Morgan fingerprint density at radius 1 is 1.46 bits per heavy atom. The van der Waals surface area contributed by atoms with Crippen molar-refractivity contribution in [3.8, 4) is 6.07 Å². The van der Waals surface area contributed by atoms with Crippen LogP contribution < -0.4 is 0 Å². The van der Waals surface area contributed by atoms with E-state index in [4.69, 9.17) is 11.6 Å². The minimum absolute atomic E-state index is 0.0184. The van der Waals surface area contributed by atoms with E-state index >= 15 is 0 Å². The lowest BCUT2D eigenvalue weighted by molar-refractivity contribution is -0.121. The summed E-state index contributed by atoms with van der Waals surface area (Å²) in [5.41, 5.74) is 1.85. The monoisotopic (exact) mass is 358 g/mol. The van der Waals surface area contributed by atoms with Crippen molar-refractivity contribution in [2.45, 2.75) is 33.6 Å². The van der Waals surface area contributed by atoms with Crippen molar-refractivity contribution in [1.29, 1.82) is 5.26 Å². The fourth-order valence-corrected chi connectivity index (χ4v) is 4.52. The van der Waals surface area contributed by atoms with Crippen molar-refractivity contribution in [2.24, 2.45) is 17.3 Å². The lowest BCUT2D eigenvalue weighted by atomic mass is 9.98. The molecule has 0 unspecified atom stereocenters. The SMILES string of the molecule is CC(C)=C[C@@H]1[C@@H](C(=O)[C@H](C#N)c2nc3cc(Cl)ccc3s2)C1(C)C. The van der Waals surface area contributed by atoms with E-state index in [9.17, 15) is 10.1 Å². The first kappa shape index (κ1) is 17.1. The minimum atomic E-state index is -0.805. The standard InChI is InChI=1S/C19H19ClN2OS/c1-10(2)7-13-16(19(13,3)4)17(23)12(9-21)18-22-14-8-11(20)5-6-15(14)24-18/h5-8,12-13,16H,1-4H3/t12-,13+,16-/m0/s1. The van der Waals surface area contributed by atoms with Crippen LogP contribution in [0.25, 0.3) is 10.2 Å². The summed E-state index contributed by atoms with van der Waals surface area (Å²) in [7, 11) is 0. The number of carbonyl (C=O) groups excluding carboxylic acids is 1. The molecule has 5 heteroatoms. The van der Waals surface area contributed by atoms with Gasteiger partial charge in [-0.25, -0.2) is 4.98 Å². The lowest BCUT2D eigenvalue weighted by Crippen LogP contribution is -2.15. The summed E-state index contributed by atoms with van der Waals surface area (Å²) in [5, 5.41) is 10.8. The molecule has 24 heavy (non-hydrogen) atoms. The maximum Gasteiger partial charge on any atom is 0.161 e. The highest BCUT2D eigenvalue weighted by molar-refractivity contribution is 7.18. The first-order valence-corrected chi connectivity index (χ1v) is 9.09. The molecule has 0 spiro atoms. The van der Waals surface area contributed by atoms with Gasteiger partial charge in [0.2, 0.25) is 0 Å². The number of nitrogens with zero attached hydrogens (tertiary/aromatic N) is 2. The van der Waals surface area contributed by atoms with Gasteiger partial charge in [-0.15, -0.1) is 11.3 Å². The van der Waals surface area contributed by atoms with Gasteiger partial charge in [0.25, 0.3) is 0 Å². The molecule has 1 saturated carbocycles. The summed E-state index contributed by atoms with van der Waals surface area (Å²) in [5.74, 6) is -0.738. The predicted octanol–water partition coefficient (Wildman–Crippen LogP) is 5.36. The summed E-state index contributed by atoms with van der Waals surface area (Å²) < 4.78 is 0.943. The van der Waals surface area contributed by atoms with Gasteiger partial charge < -0.3 is 0 Å². The Morgan fingerprint density at radius 2 is 2.17 bits per heavy atom. The second kappa shape index (κ2) is 5.98. The summed E-state index contributed by atoms with van der Waals surface area (Å²) in [4.78, 5) is 17.5. The van der Waals surface area contributed by atoms with Gasteiger partial charge in [0.15, 0.2) is 11.7 Å².